The van der Waals surface area contributed by atoms with E-state index in [0.29, 0.717) is 19.6 Å². The first kappa shape index (κ1) is 13.9. The van der Waals surface area contributed by atoms with Crippen LogP contribution < -0.4 is 5.73 Å². The molecule has 0 aromatic carbocycles. The lowest BCUT2D eigenvalue weighted by Crippen LogP contribution is -2.35. The fourth-order valence-corrected chi connectivity index (χ4v) is 2.45. The van der Waals surface area contributed by atoms with Gasteiger partial charge in [0, 0.05) is 19.0 Å². The van der Waals surface area contributed by atoms with Gasteiger partial charge in [0.25, 0.3) is 0 Å². The Morgan fingerprint density at radius 1 is 1.53 bits per heavy atom. The zero-order valence-electron chi connectivity index (χ0n) is 11.8. The van der Waals surface area contributed by atoms with Gasteiger partial charge in [0.05, 0.1) is 12.5 Å². The van der Waals surface area contributed by atoms with Crippen molar-refractivity contribution in [3.05, 3.63) is 24.2 Å². The van der Waals surface area contributed by atoms with Crippen molar-refractivity contribution in [1.29, 1.82) is 0 Å². The largest absolute Gasteiger partial charge is 0.472 e. The van der Waals surface area contributed by atoms with Gasteiger partial charge in [-0.2, -0.15) is 0 Å². The monoisotopic (exact) mass is 266 g/mol. The molecule has 1 aromatic rings. The third kappa shape index (κ3) is 3.29. The van der Waals surface area contributed by atoms with E-state index in [9.17, 15) is 4.79 Å². The van der Waals surface area contributed by atoms with Crippen molar-refractivity contribution in [3.8, 4) is 0 Å². The first-order chi connectivity index (χ1) is 8.90. The second-order valence-electron chi connectivity index (χ2n) is 6.04. The molecule has 0 bridgehead atoms. The molecule has 1 aliphatic heterocycles. The predicted octanol–water partition coefficient (Wildman–Crippen LogP) is 2.19. The average Bonchev–Trinajstić information content (AvgIpc) is 2.95. The zero-order chi connectivity index (χ0) is 14.0. The smallest absolute Gasteiger partial charge is 0.410 e. The molecular formula is C14H22N2O3. The number of rotatable bonds is 2. The van der Waals surface area contributed by atoms with Gasteiger partial charge in [-0.15, -0.1) is 0 Å². The molecule has 0 aliphatic carbocycles. The van der Waals surface area contributed by atoms with Gasteiger partial charge < -0.3 is 19.8 Å². The summed E-state index contributed by atoms with van der Waals surface area (Å²) in [7, 11) is 0. The second-order valence-corrected chi connectivity index (χ2v) is 6.04. The number of hydrogen-bond donors (Lipinski definition) is 1. The van der Waals surface area contributed by atoms with Crippen LogP contribution >= 0.6 is 0 Å². The summed E-state index contributed by atoms with van der Waals surface area (Å²) in [5, 5.41) is 0. The number of amides is 1. The molecular weight excluding hydrogens is 244 g/mol. The first-order valence-electron chi connectivity index (χ1n) is 6.61. The standard InChI is InChI=1S/C14H22N2O3/c1-14(2,3)19-13(17)16-7-11(6-15)12(8-16)10-4-5-18-9-10/h4-5,9,11-12H,6-8,15H2,1-3H3/t11-,12+/m1/s1. The molecule has 1 saturated heterocycles. The van der Waals surface area contributed by atoms with E-state index in [4.69, 9.17) is 14.9 Å². The minimum atomic E-state index is -0.469. The number of carbonyl (C=O) groups excluding carboxylic acids is 1. The highest BCUT2D eigenvalue weighted by atomic mass is 16.6. The Balaban J connectivity index is 2.05. The van der Waals surface area contributed by atoms with Crippen molar-refractivity contribution in [2.45, 2.75) is 32.3 Å². The number of carbonyl (C=O) groups is 1. The summed E-state index contributed by atoms with van der Waals surface area (Å²) in [4.78, 5) is 13.8. The van der Waals surface area contributed by atoms with Crippen LogP contribution in [0.3, 0.4) is 0 Å². The number of ether oxygens (including phenoxy) is 1. The lowest BCUT2D eigenvalue weighted by Gasteiger charge is -2.24. The molecule has 2 N–H and O–H groups in total. The first-order valence-corrected chi connectivity index (χ1v) is 6.61. The molecule has 0 radical (unpaired) electrons. The van der Waals surface area contributed by atoms with Crippen molar-refractivity contribution in [3.63, 3.8) is 0 Å². The van der Waals surface area contributed by atoms with Crippen molar-refractivity contribution < 1.29 is 13.9 Å². The van der Waals surface area contributed by atoms with Gasteiger partial charge in [-0.25, -0.2) is 4.79 Å². The topological polar surface area (TPSA) is 68.7 Å². The molecule has 2 rings (SSSR count). The number of furan rings is 1. The highest BCUT2D eigenvalue weighted by Gasteiger charge is 2.37. The summed E-state index contributed by atoms with van der Waals surface area (Å²) in [5.74, 6) is 0.487. The van der Waals surface area contributed by atoms with Crippen molar-refractivity contribution in [2.24, 2.45) is 11.7 Å². The molecule has 5 nitrogen and oxygen atoms in total. The van der Waals surface area contributed by atoms with Crippen LogP contribution in [0.25, 0.3) is 0 Å². The molecule has 5 heteroatoms. The molecule has 0 saturated carbocycles. The molecule has 1 aromatic heterocycles. The molecule has 106 valence electrons. The Bertz CT molecular complexity index is 422. The van der Waals surface area contributed by atoms with Crippen LogP contribution in [0.4, 0.5) is 4.79 Å². The Morgan fingerprint density at radius 3 is 2.79 bits per heavy atom. The second kappa shape index (κ2) is 5.25. The maximum atomic E-state index is 12.1. The van der Waals surface area contributed by atoms with Gasteiger partial charge in [0.1, 0.15) is 5.60 Å². The van der Waals surface area contributed by atoms with Crippen LogP contribution in [0.1, 0.15) is 32.3 Å². The van der Waals surface area contributed by atoms with Crippen LogP contribution in [0.2, 0.25) is 0 Å². The minimum Gasteiger partial charge on any atom is -0.472 e. The molecule has 0 unspecified atom stereocenters. The van der Waals surface area contributed by atoms with Crippen molar-refractivity contribution >= 4 is 6.09 Å². The van der Waals surface area contributed by atoms with E-state index in [1.807, 2.05) is 26.8 Å². The summed E-state index contributed by atoms with van der Waals surface area (Å²) in [6, 6.07) is 1.94. The van der Waals surface area contributed by atoms with Crippen LogP contribution in [0.5, 0.6) is 0 Å². The molecule has 1 fully saturated rings. The molecule has 1 amide bonds. The summed E-state index contributed by atoms with van der Waals surface area (Å²) >= 11 is 0. The maximum Gasteiger partial charge on any atom is 0.410 e. The van der Waals surface area contributed by atoms with Gasteiger partial charge in [0.2, 0.25) is 0 Å². The van der Waals surface area contributed by atoms with Gasteiger partial charge in [-0.3, -0.25) is 0 Å². The lowest BCUT2D eigenvalue weighted by molar-refractivity contribution is 0.0287. The summed E-state index contributed by atoms with van der Waals surface area (Å²) in [5.41, 5.74) is 6.44. The third-order valence-electron chi connectivity index (χ3n) is 3.37. The lowest BCUT2D eigenvalue weighted by atomic mass is 9.91. The van der Waals surface area contributed by atoms with E-state index in [-0.39, 0.29) is 17.9 Å². The fraction of sp³-hybridized carbons (Fsp3) is 0.643. The SMILES string of the molecule is CC(C)(C)OC(=O)N1C[C@@H](CN)[C@H](c2ccoc2)C1. The van der Waals surface area contributed by atoms with Gasteiger partial charge in [-0.1, -0.05) is 0 Å². The highest BCUT2D eigenvalue weighted by Crippen LogP contribution is 2.33. The number of nitrogens with zero attached hydrogens (tertiary/aromatic N) is 1. The Morgan fingerprint density at radius 2 is 2.26 bits per heavy atom. The molecule has 0 spiro atoms. The van der Waals surface area contributed by atoms with Gasteiger partial charge in [-0.05, 0) is 44.9 Å². The number of likely N-dealkylation sites (tertiary alicyclic amines) is 1. The molecule has 19 heavy (non-hydrogen) atoms. The average molecular weight is 266 g/mol. The normalized spacial score (nSPS) is 23.7. The summed E-state index contributed by atoms with van der Waals surface area (Å²) in [6.07, 6.45) is 3.11. The van der Waals surface area contributed by atoms with Gasteiger partial charge in [0.15, 0.2) is 0 Å². The fourth-order valence-electron chi connectivity index (χ4n) is 2.45. The number of hydrogen-bond acceptors (Lipinski definition) is 4. The van der Waals surface area contributed by atoms with Crippen molar-refractivity contribution in [1.82, 2.24) is 4.90 Å². The molecule has 1 aliphatic rings. The molecule has 2 atom stereocenters. The quantitative estimate of drug-likeness (QED) is 0.891. The number of nitrogens with two attached hydrogens (primary N) is 1. The van der Waals surface area contributed by atoms with E-state index in [1.54, 1.807) is 17.4 Å². The predicted molar refractivity (Wildman–Crippen MR) is 71.8 cm³/mol. The van der Waals surface area contributed by atoms with E-state index in [0.717, 1.165) is 5.56 Å². The van der Waals surface area contributed by atoms with Crippen LogP contribution in [0, 0.1) is 5.92 Å². The van der Waals surface area contributed by atoms with Crippen LogP contribution in [-0.4, -0.2) is 36.2 Å². The minimum absolute atomic E-state index is 0.233. The van der Waals surface area contributed by atoms with E-state index in [2.05, 4.69) is 0 Å². The highest BCUT2D eigenvalue weighted by molar-refractivity contribution is 5.68. The Hall–Kier alpha value is -1.49. The maximum absolute atomic E-state index is 12.1. The zero-order valence-corrected chi connectivity index (χ0v) is 11.8. The Labute approximate surface area is 113 Å². The van der Waals surface area contributed by atoms with Crippen molar-refractivity contribution in [2.75, 3.05) is 19.6 Å². The van der Waals surface area contributed by atoms with E-state index >= 15 is 0 Å². The van der Waals surface area contributed by atoms with E-state index < -0.39 is 5.60 Å². The van der Waals surface area contributed by atoms with Crippen LogP contribution in [-0.2, 0) is 4.74 Å². The summed E-state index contributed by atoms with van der Waals surface area (Å²) in [6.45, 7) is 7.44. The van der Waals surface area contributed by atoms with Crippen LogP contribution in [0.15, 0.2) is 23.0 Å². The Kier molecular flexibility index (Phi) is 3.85. The molecule has 2 heterocycles. The van der Waals surface area contributed by atoms with Gasteiger partial charge >= 0.3 is 6.09 Å². The van der Waals surface area contributed by atoms with E-state index in [1.165, 1.54) is 0 Å². The summed E-state index contributed by atoms with van der Waals surface area (Å²) < 4.78 is 10.5. The third-order valence-corrected chi connectivity index (χ3v) is 3.37.